The predicted octanol–water partition coefficient (Wildman–Crippen LogP) is 2.85. The average Bonchev–Trinajstić information content (AvgIpc) is 2.91. The largest absolute Gasteiger partial charge is 0.475 e. The maximum Gasteiger partial charge on any atom is 0.255 e. The van der Waals surface area contributed by atoms with Crippen molar-refractivity contribution in [1.29, 1.82) is 0 Å². The Morgan fingerprint density at radius 1 is 1.24 bits per heavy atom. The van der Waals surface area contributed by atoms with Crippen LogP contribution in [0.5, 0.6) is 5.88 Å². The molecule has 0 spiro atoms. The van der Waals surface area contributed by atoms with Crippen LogP contribution in [0.4, 0.5) is 5.69 Å². The Kier molecular flexibility index (Phi) is 4.70. The van der Waals surface area contributed by atoms with Crippen molar-refractivity contribution in [2.24, 2.45) is 0 Å². The lowest BCUT2D eigenvalue weighted by Gasteiger charge is -2.23. The third-order valence-electron chi connectivity index (χ3n) is 4.06. The van der Waals surface area contributed by atoms with Gasteiger partial charge in [0.25, 0.3) is 5.91 Å². The number of nitrogens with one attached hydrogen (secondary N) is 1. The van der Waals surface area contributed by atoms with Gasteiger partial charge >= 0.3 is 0 Å². The van der Waals surface area contributed by atoms with Gasteiger partial charge in [-0.25, -0.2) is 4.98 Å². The molecule has 0 unspecified atom stereocenters. The van der Waals surface area contributed by atoms with E-state index in [-0.39, 0.29) is 17.9 Å². The molecule has 6 nitrogen and oxygen atoms in total. The molecule has 2 aromatic rings. The highest BCUT2D eigenvalue weighted by molar-refractivity contribution is 6.03. The van der Waals surface area contributed by atoms with Crippen LogP contribution in [0, 0.1) is 0 Å². The van der Waals surface area contributed by atoms with Crippen molar-refractivity contribution in [3.8, 4) is 5.88 Å². The average molecular weight is 339 g/mol. The van der Waals surface area contributed by atoms with E-state index in [1.807, 2.05) is 32.0 Å². The van der Waals surface area contributed by atoms with E-state index in [2.05, 4.69) is 10.3 Å². The zero-order chi connectivity index (χ0) is 18.0. The molecule has 1 aliphatic heterocycles. The summed E-state index contributed by atoms with van der Waals surface area (Å²) < 4.78 is 5.53. The number of hydrogen-bond donors (Lipinski definition) is 1. The topological polar surface area (TPSA) is 71.5 Å². The number of anilines is 1. The fraction of sp³-hybridized carbons (Fsp3) is 0.316. The first-order valence-electron chi connectivity index (χ1n) is 8.28. The number of aromatic nitrogens is 1. The number of carbonyl (C=O) groups excluding carboxylic acids is 2. The first-order valence-corrected chi connectivity index (χ1v) is 8.28. The molecule has 0 fully saturated rings. The highest BCUT2D eigenvalue weighted by Gasteiger charge is 2.33. The van der Waals surface area contributed by atoms with Gasteiger partial charge in [0.1, 0.15) is 6.04 Å². The molecule has 0 bridgehead atoms. The van der Waals surface area contributed by atoms with Gasteiger partial charge in [-0.05, 0) is 38.5 Å². The summed E-state index contributed by atoms with van der Waals surface area (Å²) in [5, 5.41) is 2.83. The normalized spacial score (nSPS) is 14.4. The van der Waals surface area contributed by atoms with Crippen LogP contribution in [0.1, 0.15) is 36.7 Å². The SMILES string of the molecule is CC(C)Oc1cc(NC(=O)[C@@H](C)N2Cc3ccccc3C2=O)ccn1. The maximum absolute atomic E-state index is 12.6. The molecule has 0 radical (unpaired) electrons. The van der Waals surface area contributed by atoms with Gasteiger partial charge in [0, 0.05) is 30.1 Å². The lowest BCUT2D eigenvalue weighted by molar-refractivity contribution is -0.120. The zero-order valence-electron chi connectivity index (χ0n) is 14.5. The Morgan fingerprint density at radius 2 is 2.00 bits per heavy atom. The van der Waals surface area contributed by atoms with Gasteiger partial charge < -0.3 is 15.0 Å². The van der Waals surface area contributed by atoms with Crippen LogP contribution in [0.2, 0.25) is 0 Å². The molecule has 6 heteroatoms. The minimum Gasteiger partial charge on any atom is -0.475 e. The third-order valence-corrected chi connectivity index (χ3v) is 4.06. The van der Waals surface area contributed by atoms with Gasteiger partial charge in [-0.3, -0.25) is 9.59 Å². The quantitative estimate of drug-likeness (QED) is 0.909. The summed E-state index contributed by atoms with van der Waals surface area (Å²) >= 11 is 0. The molecule has 2 amide bonds. The Bertz CT molecular complexity index is 804. The summed E-state index contributed by atoms with van der Waals surface area (Å²) in [6, 6.07) is 10.2. The van der Waals surface area contributed by atoms with Crippen LogP contribution in [0.25, 0.3) is 0 Å². The van der Waals surface area contributed by atoms with Crippen molar-refractivity contribution >= 4 is 17.5 Å². The van der Waals surface area contributed by atoms with E-state index in [1.165, 1.54) is 0 Å². The molecule has 3 rings (SSSR count). The van der Waals surface area contributed by atoms with Crippen molar-refractivity contribution < 1.29 is 14.3 Å². The highest BCUT2D eigenvalue weighted by atomic mass is 16.5. The number of rotatable bonds is 5. The molecule has 1 aromatic heterocycles. The number of ether oxygens (including phenoxy) is 1. The molecule has 1 N–H and O–H groups in total. The number of amides is 2. The summed E-state index contributed by atoms with van der Waals surface area (Å²) in [6.07, 6.45) is 1.58. The van der Waals surface area contributed by atoms with Gasteiger partial charge in [-0.15, -0.1) is 0 Å². The van der Waals surface area contributed by atoms with Crippen molar-refractivity contribution in [2.45, 2.75) is 39.5 Å². The lowest BCUT2D eigenvalue weighted by atomic mass is 10.1. The molecular weight excluding hydrogens is 318 g/mol. The Balaban J connectivity index is 1.69. The van der Waals surface area contributed by atoms with Crippen LogP contribution >= 0.6 is 0 Å². The number of hydrogen-bond acceptors (Lipinski definition) is 4. The van der Waals surface area contributed by atoms with Crippen molar-refractivity contribution in [2.75, 3.05) is 5.32 Å². The fourth-order valence-corrected chi connectivity index (χ4v) is 2.77. The predicted molar refractivity (Wildman–Crippen MR) is 94.4 cm³/mol. The van der Waals surface area contributed by atoms with Crippen molar-refractivity contribution in [3.63, 3.8) is 0 Å². The van der Waals surface area contributed by atoms with E-state index in [0.29, 0.717) is 23.7 Å². The van der Waals surface area contributed by atoms with E-state index in [9.17, 15) is 9.59 Å². The van der Waals surface area contributed by atoms with Gasteiger partial charge in [0.2, 0.25) is 11.8 Å². The molecule has 25 heavy (non-hydrogen) atoms. The van der Waals surface area contributed by atoms with E-state index >= 15 is 0 Å². The van der Waals surface area contributed by atoms with Gasteiger partial charge in [-0.2, -0.15) is 0 Å². The lowest BCUT2D eigenvalue weighted by Crippen LogP contribution is -2.42. The summed E-state index contributed by atoms with van der Waals surface area (Å²) in [4.78, 5) is 30.7. The van der Waals surface area contributed by atoms with E-state index in [4.69, 9.17) is 4.74 Å². The first-order chi connectivity index (χ1) is 12.0. The number of carbonyl (C=O) groups is 2. The fourth-order valence-electron chi connectivity index (χ4n) is 2.77. The van der Waals surface area contributed by atoms with Crippen molar-refractivity contribution in [1.82, 2.24) is 9.88 Å². The standard InChI is InChI=1S/C19H21N3O3/c1-12(2)25-17-10-15(8-9-20-17)21-18(23)13(3)22-11-14-6-4-5-7-16(14)19(22)24/h4-10,12-13H,11H2,1-3H3,(H,20,21,23)/t13-/m1/s1. The maximum atomic E-state index is 12.6. The van der Waals surface area contributed by atoms with Crippen molar-refractivity contribution in [3.05, 3.63) is 53.7 Å². The first kappa shape index (κ1) is 17.0. The molecule has 1 atom stereocenters. The Labute approximate surface area is 146 Å². The molecule has 0 aliphatic carbocycles. The number of nitrogens with zero attached hydrogens (tertiary/aromatic N) is 2. The molecule has 130 valence electrons. The van der Waals surface area contributed by atoms with Crippen LogP contribution in [-0.4, -0.2) is 33.8 Å². The van der Waals surface area contributed by atoms with Gasteiger partial charge in [0.15, 0.2) is 0 Å². The molecule has 0 saturated carbocycles. The smallest absolute Gasteiger partial charge is 0.255 e. The van der Waals surface area contributed by atoms with Crippen LogP contribution in [0.15, 0.2) is 42.6 Å². The zero-order valence-corrected chi connectivity index (χ0v) is 14.5. The summed E-state index contributed by atoms with van der Waals surface area (Å²) in [7, 11) is 0. The molecular formula is C19H21N3O3. The van der Waals surface area contributed by atoms with Gasteiger partial charge in [0.05, 0.1) is 6.10 Å². The summed E-state index contributed by atoms with van der Waals surface area (Å²) in [5.74, 6) is 0.0877. The minimum atomic E-state index is -0.581. The van der Waals surface area contributed by atoms with E-state index < -0.39 is 6.04 Å². The third kappa shape index (κ3) is 3.63. The summed E-state index contributed by atoms with van der Waals surface area (Å²) in [6.45, 7) is 5.99. The number of pyridine rings is 1. The molecule has 1 aromatic carbocycles. The Hall–Kier alpha value is -2.89. The number of fused-ring (bicyclic) bond motifs is 1. The van der Waals surface area contributed by atoms with Gasteiger partial charge in [-0.1, -0.05) is 18.2 Å². The molecule has 1 aliphatic rings. The summed E-state index contributed by atoms with van der Waals surface area (Å²) in [5.41, 5.74) is 2.20. The second-order valence-corrected chi connectivity index (χ2v) is 6.30. The van der Waals surface area contributed by atoms with Crippen LogP contribution in [0.3, 0.4) is 0 Å². The van der Waals surface area contributed by atoms with E-state index in [0.717, 1.165) is 5.56 Å². The molecule has 0 saturated heterocycles. The highest BCUT2D eigenvalue weighted by Crippen LogP contribution is 2.25. The van der Waals surface area contributed by atoms with Crippen LogP contribution < -0.4 is 10.1 Å². The molecule has 2 heterocycles. The van der Waals surface area contributed by atoms with E-state index in [1.54, 1.807) is 36.2 Å². The van der Waals surface area contributed by atoms with Crippen LogP contribution in [-0.2, 0) is 11.3 Å². The second-order valence-electron chi connectivity index (χ2n) is 6.30. The second kappa shape index (κ2) is 6.93. The minimum absolute atomic E-state index is 0.00176. The Morgan fingerprint density at radius 3 is 2.72 bits per heavy atom. The monoisotopic (exact) mass is 339 g/mol. The number of benzene rings is 1.